The lowest BCUT2D eigenvalue weighted by molar-refractivity contribution is -0.124. The quantitative estimate of drug-likeness (QED) is 0.369. The molecule has 3 heterocycles. The van der Waals surface area contributed by atoms with E-state index in [1.54, 1.807) is 43.5 Å². The summed E-state index contributed by atoms with van der Waals surface area (Å²) in [5, 5.41) is 0.455. The average molecular weight is 507 g/mol. The Morgan fingerprint density at radius 3 is 2.56 bits per heavy atom. The van der Waals surface area contributed by atoms with Crippen LogP contribution in [0.1, 0.15) is 12.1 Å². The molecule has 4 aromatic rings. The molecule has 36 heavy (non-hydrogen) atoms. The van der Waals surface area contributed by atoms with Crippen molar-refractivity contribution in [1.82, 2.24) is 9.97 Å². The fourth-order valence-electron chi connectivity index (χ4n) is 4.25. The van der Waals surface area contributed by atoms with Gasteiger partial charge in [0.15, 0.2) is 5.13 Å². The van der Waals surface area contributed by atoms with Crippen molar-refractivity contribution >= 4 is 44.2 Å². The second kappa shape index (κ2) is 9.90. The van der Waals surface area contributed by atoms with E-state index >= 15 is 0 Å². The summed E-state index contributed by atoms with van der Waals surface area (Å²) in [5.74, 6) is -0.223. The molecule has 10 heteroatoms. The van der Waals surface area contributed by atoms with E-state index in [1.165, 1.54) is 40.5 Å². The number of fused-ring (bicyclic) bond motifs is 1. The minimum atomic E-state index is -0.595. The number of rotatable bonds is 7. The van der Waals surface area contributed by atoms with E-state index in [9.17, 15) is 14.0 Å². The van der Waals surface area contributed by atoms with E-state index < -0.39 is 5.92 Å². The maximum atomic E-state index is 13.9. The topological polar surface area (TPSA) is 84.9 Å². The number of pyridine rings is 1. The van der Waals surface area contributed by atoms with Crippen LogP contribution in [-0.2, 0) is 16.1 Å². The van der Waals surface area contributed by atoms with Crippen LogP contribution in [0.15, 0.2) is 60.8 Å². The van der Waals surface area contributed by atoms with Crippen molar-refractivity contribution in [2.24, 2.45) is 5.92 Å². The third-order valence-corrected chi connectivity index (χ3v) is 7.15. The van der Waals surface area contributed by atoms with Gasteiger partial charge < -0.3 is 14.4 Å². The normalized spacial score (nSPS) is 15.4. The van der Waals surface area contributed by atoms with Crippen LogP contribution in [0, 0.1) is 11.7 Å². The van der Waals surface area contributed by atoms with Gasteiger partial charge in [-0.05, 0) is 48.5 Å². The maximum absolute atomic E-state index is 13.9. The smallest absolute Gasteiger partial charge is 0.234 e. The number of hydrogen-bond donors (Lipinski definition) is 0. The molecule has 1 aliphatic rings. The first-order valence-electron chi connectivity index (χ1n) is 11.3. The van der Waals surface area contributed by atoms with Gasteiger partial charge in [-0.2, -0.15) is 0 Å². The Balaban J connectivity index is 1.51. The Labute approximate surface area is 210 Å². The first-order chi connectivity index (χ1) is 17.5. The summed E-state index contributed by atoms with van der Waals surface area (Å²) in [6.07, 6.45) is 1.71. The summed E-state index contributed by atoms with van der Waals surface area (Å²) in [6, 6.07) is 14.7. The number of anilines is 2. The van der Waals surface area contributed by atoms with Gasteiger partial charge in [0.1, 0.15) is 27.5 Å². The summed E-state index contributed by atoms with van der Waals surface area (Å²) in [5.41, 5.74) is 1.83. The largest absolute Gasteiger partial charge is 0.495 e. The molecule has 2 aromatic heterocycles. The number of nitrogens with zero attached hydrogens (tertiary/aromatic N) is 4. The molecule has 0 radical (unpaired) electrons. The third-order valence-electron chi connectivity index (χ3n) is 6.05. The minimum absolute atomic E-state index is 0.0481. The summed E-state index contributed by atoms with van der Waals surface area (Å²) in [7, 11) is 3.14. The van der Waals surface area contributed by atoms with Crippen LogP contribution in [0.5, 0.6) is 11.5 Å². The molecule has 1 aliphatic heterocycles. The van der Waals surface area contributed by atoms with Gasteiger partial charge in [-0.25, -0.2) is 9.37 Å². The number of hydrogen-bond acceptors (Lipinski definition) is 7. The monoisotopic (exact) mass is 506 g/mol. The summed E-state index contributed by atoms with van der Waals surface area (Å²) in [4.78, 5) is 38.9. The van der Waals surface area contributed by atoms with Crippen LogP contribution in [0.2, 0.25) is 0 Å². The van der Waals surface area contributed by atoms with Crippen LogP contribution >= 0.6 is 11.3 Å². The van der Waals surface area contributed by atoms with Crippen LogP contribution in [0.25, 0.3) is 10.2 Å². The van der Waals surface area contributed by atoms with E-state index in [2.05, 4.69) is 4.98 Å². The SMILES string of the molecule is COc1ccc(OC)c2sc(N(Cc3ccccn3)C(=O)C3CC(=O)N(c4ccc(F)cc4)C3)nc12. The molecular weight excluding hydrogens is 483 g/mol. The van der Waals surface area contributed by atoms with Crippen LogP contribution in [-0.4, -0.2) is 42.5 Å². The Kier molecular flexibility index (Phi) is 6.51. The Hall–Kier alpha value is -4.05. The number of carbonyl (C=O) groups excluding carboxylic acids is 2. The number of halogens is 1. The van der Waals surface area contributed by atoms with Gasteiger partial charge >= 0.3 is 0 Å². The van der Waals surface area contributed by atoms with Gasteiger partial charge in [-0.1, -0.05) is 17.4 Å². The van der Waals surface area contributed by atoms with E-state index in [0.717, 1.165) is 4.70 Å². The zero-order chi connectivity index (χ0) is 25.2. The number of methoxy groups -OCH3 is 2. The molecule has 0 spiro atoms. The molecule has 0 saturated carbocycles. The Morgan fingerprint density at radius 2 is 1.86 bits per heavy atom. The van der Waals surface area contributed by atoms with Crippen LogP contribution in [0.4, 0.5) is 15.2 Å². The highest BCUT2D eigenvalue weighted by Gasteiger charge is 2.38. The Bertz CT molecular complexity index is 1370. The first-order valence-corrected chi connectivity index (χ1v) is 12.1. The fraction of sp³-hybridized carbons (Fsp3) is 0.231. The number of carbonyl (C=O) groups is 2. The van der Waals surface area contributed by atoms with Crippen molar-refractivity contribution in [3.8, 4) is 11.5 Å². The number of benzene rings is 2. The van der Waals surface area contributed by atoms with E-state index in [-0.39, 0.29) is 37.1 Å². The standard InChI is InChI=1S/C26H23FN4O4S/c1-34-20-10-11-21(35-2)24-23(20)29-26(36-24)31(15-18-5-3-4-12-28-18)25(33)16-13-22(32)30(14-16)19-8-6-17(27)7-9-19/h3-12,16H,13-15H2,1-2H3. The van der Waals surface area contributed by atoms with Crippen molar-refractivity contribution in [2.75, 3.05) is 30.6 Å². The Morgan fingerprint density at radius 1 is 1.11 bits per heavy atom. The number of amides is 2. The third kappa shape index (κ3) is 4.47. The van der Waals surface area contributed by atoms with Crippen molar-refractivity contribution in [2.45, 2.75) is 13.0 Å². The van der Waals surface area contributed by atoms with E-state index in [0.29, 0.717) is 33.5 Å². The van der Waals surface area contributed by atoms with Gasteiger partial charge in [-0.15, -0.1) is 0 Å². The zero-order valence-corrected chi connectivity index (χ0v) is 20.5. The fourth-order valence-corrected chi connectivity index (χ4v) is 5.33. The van der Waals surface area contributed by atoms with Gasteiger partial charge in [0.25, 0.3) is 0 Å². The lowest BCUT2D eigenvalue weighted by Gasteiger charge is -2.23. The molecule has 0 N–H and O–H groups in total. The van der Waals surface area contributed by atoms with Crippen molar-refractivity contribution < 1.29 is 23.5 Å². The predicted molar refractivity (Wildman–Crippen MR) is 135 cm³/mol. The molecule has 2 aromatic carbocycles. The number of aromatic nitrogens is 2. The molecule has 1 atom stereocenters. The van der Waals surface area contributed by atoms with Crippen molar-refractivity contribution in [3.63, 3.8) is 0 Å². The van der Waals surface area contributed by atoms with Crippen molar-refractivity contribution in [3.05, 3.63) is 72.3 Å². The first kappa shape index (κ1) is 23.7. The van der Waals surface area contributed by atoms with Gasteiger partial charge in [0.2, 0.25) is 11.8 Å². The molecule has 0 bridgehead atoms. The van der Waals surface area contributed by atoms with E-state index in [1.807, 2.05) is 12.1 Å². The van der Waals surface area contributed by atoms with Gasteiger partial charge in [-0.3, -0.25) is 19.5 Å². The highest BCUT2D eigenvalue weighted by atomic mass is 32.1. The molecule has 184 valence electrons. The molecule has 0 aliphatic carbocycles. The minimum Gasteiger partial charge on any atom is -0.495 e. The molecule has 2 amide bonds. The average Bonchev–Trinajstić information content (AvgIpc) is 3.52. The number of thiazole rings is 1. The summed E-state index contributed by atoms with van der Waals surface area (Å²) >= 11 is 1.31. The molecule has 1 saturated heterocycles. The van der Waals surface area contributed by atoms with Crippen LogP contribution < -0.4 is 19.3 Å². The van der Waals surface area contributed by atoms with Crippen molar-refractivity contribution in [1.29, 1.82) is 0 Å². The maximum Gasteiger partial charge on any atom is 0.234 e. The lowest BCUT2D eigenvalue weighted by Crippen LogP contribution is -2.37. The molecule has 1 unspecified atom stereocenters. The molecule has 8 nitrogen and oxygen atoms in total. The highest BCUT2D eigenvalue weighted by molar-refractivity contribution is 7.22. The predicted octanol–water partition coefficient (Wildman–Crippen LogP) is 4.43. The van der Waals surface area contributed by atoms with Gasteiger partial charge in [0, 0.05) is 24.8 Å². The highest BCUT2D eigenvalue weighted by Crippen LogP contribution is 2.41. The molecule has 1 fully saturated rings. The van der Waals surface area contributed by atoms with E-state index in [4.69, 9.17) is 14.5 Å². The van der Waals surface area contributed by atoms with Gasteiger partial charge in [0.05, 0.1) is 32.4 Å². The zero-order valence-electron chi connectivity index (χ0n) is 19.7. The summed E-state index contributed by atoms with van der Waals surface area (Å²) in [6.45, 7) is 0.380. The second-order valence-electron chi connectivity index (χ2n) is 8.27. The molecular formula is C26H23FN4O4S. The van der Waals surface area contributed by atoms with Crippen LogP contribution in [0.3, 0.4) is 0 Å². The number of ether oxygens (including phenoxy) is 2. The summed E-state index contributed by atoms with van der Waals surface area (Å²) < 4.78 is 25.1. The second-order valence-corrected chi connectivity index (χ2v) is 9.25. The molecule has 5 rings (SSSR count). The lowest BCUT2D eigenvalue weighted by atomic mass is 10.1.